The van der Waals surface area contributed by atoms with Crippen molar-refractivity contribution in [2.75, 3.05) is 6.54 Å². The fourth-order valence-electron chi connectivity index (χ4n) is 0.927. The zero-order valence-electron chi connectivity index (χ0n) is 7.71. The van der Waals surface area contributed by atoms with Gasteiger partial charge in [-0.1, -0.05) is 0 Å². The molecular formula is C10H15NSe. The fraction of sp³-hybridized carbons (Fsp3) is 0.500. The predicted octanol–water partition coefficient (Wildman–Crippen LogP) is 2.27. The van der Waals surface area contributed by atoms with Gasteiger partial charge in [-0.05, 0) is 0 Å². The molecule has 1 aromatic rings. The quantitative estimate of drug-likeness (QED) is 0.426. The Morgan fingerprint density at radius 3 is 2.92 bits per heavy atom. The Bertz CT molecular complexity index is 250. The van der Waals surface area contributed by atoms with Gasteiger partial charge in [-0.25, -0.2) is 0 Å². The molecule has 0 amide bonds. The molecule has 0 saturated heterocycles. The Labute approximate surface area is 80.3 Å². The van der Waals surface area contributed by atoms with Crippen LogP contribution in [0.15, 0.2) is 17.1 Å². The third-order valence-electron chi connectivity index (χ3n) is 1.62. The molecule has 0 radical (unpaired) electrons. The topological polar surface area (TPSA) is 12.4 Å². The summed E-state index contributed by atoms with van der Waals surface area (Å²) in [6.45, 7) is 5.37. The van der Waals surface area contributed by atoms with E-state index in [9.17, 15) is 0 Å². The normalized spacial score (nSPS) is 11.2. The molecule has 0 aliphatic rings. The number of nitrogens with zero attached hydrogens (tertiary/aromatic N) is 1. The monoisotopic (exact) mass is 229 g/mol. The Kier molecular flexibility index (Phi) is 4.34. The summed E-state index contributed by atoms with van der Waals surface area (Å²) in [6, 6.07) is 4.38. The summed E-state index contributed by atoms with van der Waals surface area (Å²) in [5.74, 6) is 0. The first kappa shape index (κ1) is 9.76. The molecule has 0 saturated carbocycles. The van der Waals surface area contributed by atoms with Gasteiger partial charge in [-0.15, -0.1) is 0 Å². The minimum absolute atomic E-state index is 0.565. The standard InChI is InChI=1S/C10H15NSe/c1-3-4-7-11-8-10-6-5-9(2)12-10/h5-6,8H,3-4,7H2,1-2H3. The number of aryl methyl sites for hydroxylation is 1. The maximum atomic E-state index is 4.37. The number of rotatable bonds is 4. The molecule has 0 aromatic carbocycles. The SMILES string of the molecule is CCCCN=Cc1ccc(C)[se]1. The summed E-state index contributed by atoms with van der Waals surface area (Å²) in [4.78, 5) is 4.37. The molecule has 0 unspecified atom stereocenters. The third-order valence-corrected chi connectivity index (χ3v) is 3.58. The molecule has 1 heterocycles. The van der Waals surface area contributed by atoms with E-state index in [0.29, 0.717) is 14.5 Å². The molecule has 1 rings (SSSR count). The molecule has 12 heavy (non-hydrogen) atoms. The Hall–Kier alpha value is -0.331. The van der Waals surface area contributed by atoms with Crippen molar-refractivity contribution in [3.63, 3.8) is 0 Å². The van der Waals surface area contributed by atoms with E-state index in [4.69, 9.17) is 0 Å². The van der Waals surface area contributed by atoms with Crippen LogP contribution in [0.1, 0.15) is 28.6 Å². The molecule has 1 nitrogen and oxygen atoms in total. The van der Waals surface area contributed by atoms with E-state index in [0.717, 1.165) is 6.54 Å². The van der Waals surface area contributed by atoms with Crippen LogP contribution < -0.4 is 0 Å². The van der Waals surface area contributed by atoms with Crippen molar-refractivity contribution in [3.8, 4) is 0 Å². The second kappa shape index (κ2) is 5.34. The van der Waals surface area contributed by atoms with Crippen LogP contribution in [0.25, 0.3) is 0 Å². The van der Waals surface area contributed by atoms with Crippen LogP contribution in [-0.2, 0) is 0 Å². The van der Waals surface area contributed by atoms with Crippen LogP contribution in [0.2, 0.25) is 0 Å². The average molecular weight is 228 g/mol. The zero-order valence-corrected chi connectivity index (χ0v) is 9.42. The molecule has 0 fully saturated rings. The van der Waals surface area contributed by atoms with E-state index < -0.39 is 0 Å². The summed E-state index contributed by atoms with van der Waals surface area (Å²) in [5.41, 5.74) is 0. The first-order valence-electron chi connectivity index (χ1n) is 4.39. The second-order valence-electron chi connectivity index (χ2n) is 2.84. The fourth-order valence-corrected chi connectivity index (χ4v) is 2.54. The molecule has 0 spiro atoms. The van der Waals surface area contributed by atoms with Crippen LogP contribution in [0.3, 0.4) is 0 Å². The van der Waals surface area contributed by atoms with Crippen molar-refractivity contribution in [1.82, 2.24) is 0 Å². The van der Waals surface area contributed by atoms with Gasteiger partial charge in [-0.2, -0.15) is 0 Å². The van der Waals surface area contributed by atoms with Crippen LogP contribution >= 0.6 is 0 Å². The Morgan fingerprint density at radius 1 is 1.50 bits per heavy atom. The average Bonchev–Trinajstić information content (AvgIpc) is 2.45. The molecule has 66 valence electrons. The van der Waals surface area contributed by atoms with E-state index in [1.165, 1.54) is 21.7 Å². The molecule has 1 aromatic heterocycles. The van der Waals surface area contributed by atoms with E-state index in [1.807, 2.05) is 6.21 Å². The molecule has 2 heteroatoms. The van der Waals surface area contributed by atoms with Crippen molar-refractivity contribution in [3.05, 3.63) is 21.0 Å². The number of aliphatic imine (C=N–C) groups is 1. The molecule has 0 N–H and O–H groups in total. The molecule has 0 bridgehead atoms. The number of hydrogen-bond donors (Lipinski definition) is 0. The van der Waals surface area contributed by atoms with Crippen molar-refractivity contribution in [1.29, 1.82) is 0 Å². The van der Waals surface area contributed by atoms with Crippen LogP contribution in [-0.4, -0.2) is 27.3 Å². The summed E-state index contributed by atoms with van der Waals surface area (Å²) >= 11 is 0.565. The minimum atomic E-state index is 0.565. The van der Waals surface area contributed by atoms with Crippen molar-refractivity contribution < 1.29 is 0 Å². The van der Waals surface area contributed by atoms with Gasteiger partial charge in [0.1, 0.15) is 0 Å². The van der Waals surface area contributed by atoms with Gasteiger partial charge in [0.05, 0.1) is 0 Å². The third kappa shape index (κ3) is 3.38. The zero-order chi connectivity index (χ0) is 8.81. The van der Waals surface area contributed by atoms with E-state index in [1.54, 1.807) is 0 Å². The van der Waals surface area contributed by atoms with Crippen molar-refractivity contribution in [2.24, 2.45) is 4.99 Å². The van der Waals surface area contributed by atoms with E-state index >= 15 is 0 Å². The van der Waals surface area contributed by atoms with Crippen LogP contribution in [0, 0.1) is 6.92 Å². The van der Waals surface area contributed by atoms with Crippen LogP contribution in [0.5, 0.6) is 0 Å². The number of unbranched alkanes of at least 4 members (excludes halogenated alkanes) is 1. The predicted molar refractivity (Wildman–Crippen MR) is 55.5 cm³/mol. The second-order valence-corrected chi connectivity index (χ2v) is 5.61. The van der Waals surface area contributed by atoms with E-state index in [2.05, 4.69) is 31.0 Å². The first-order valence-corrected chi connectivity index (χ1v) is 6.10. The van der Waals surface area contributed by atoms with Gasteiger partial charge in [0.15, 0.2) is 0 Å². The van der Waals surface area contributed by atoms with Gasteiger partial charge < -0.3 is 0 Å². The van der Waals surface area contributed by atoms with Gasteiger partial charge in [-0.3, -0.25) is 0 Å². The molecular weight excluding hydrogens is 213 g/mol. The van der Waals surface area contributed by atoms with Crippen molar-refractivity contribution in [2.45, 2.75) is 26.7 Å². The maximum absolute atomic E-state index is 4.37. The summed E-state index contributed by atoms with van der Waals surface area (Å²) in [6.07, 6.45) is 4.49. The Morgan fingerprint density at radius 2 is 2.33 bits per heavy atom. The van der Waals surface area contributed by atoms with Crippen LogP contribution in [0.4, 0.5) is 0 Å². The van der Waals surface area contributed by atoms with Gasteiger partial charge >= 0.3 is 80.0 Å². The Balaban J connectivity index is 2.36. The summed E-state index contributed by atoms with van der Waals surface area (Å²) in [5, 5.41) is 0. The molecule has 0 aliphatic carbocycles. The summed E-state index contributed by atoms with van der Waals surface area (Å²) < 4.78 is 2.91. The molecule has 0 aliphatic heterocycles. The molecule has 0 atom stereocenters. The van der Waals surface area contributed by atoms with Gasteiger partial charge in [0.2, 0.25) is 0 Å². The first-order chi connectivity index (χ1) is 5.83. The van der Waals surface area contributed by atoms with Gasteiger partial charge in [0, 0.05) is 0 Å². The summed E-state index contributed by atoms with van der Waals surface area (Å²) in [7, 11) is 0. The van der Waals surface area contributed by atoms with Gasteiger partial charge in [0.25, 0.3) is 0 Å². The van der Waals surface area contributed by atoms with Crippen molar-refractivity contribution >= 4 is 20.7 Å². The van der Waals surface area contributed by atoms with E-state index in [-0.39, 0.29) is 0 Å². The number of hydrogen-bond acceptors (Lipinski definition) is 1.